The van der Waals surface area contributed by atoms with Crippen LogP contribution in [-0.2, 0) is 9.59 Å². The van der Waals surface area contributed by atoms with Crippen molar-refractivity contribution in [1.29, 1.82) is 0 Å². The van der Waals surface area contributed by atoms with Crippen molar-refractivity contribution in [2.75, 3.05) is 11.9 Å². The minimum absolute atomic E-state index is 0.212. The molecular formula is C18H12N3O5S2-. The van der Waals surface area contributed by atoms with Crippen LogP contribution in [0.2, 0.25) is 0 Å². The Balaban J connectivity index is 1.72. The maximum atomic E-state index is 12.5. The molecule has 1 aliphatic heterocycles. The number of non-ortho nitro benzene ring substituents is 1. The third kappa shape index (κ3) is 4.35. The summed E-state index contributed by atoms with van der Waals surface area (Å²) in [7, 11) is 0. The molecule has 0 aliphatic carbocycles. The predicted octanol–water partition coefficient (Wildman–Crippen LogP) is 2.51. The zero-order chi connectivity index (χ0) is 20.3. The first-order chi connectivity index (χ1) is 13.3. The zero-order valence-electron chi connectivity index (χ0n) is 14.2. The lowest BCUT2D eigenvalue weighted by Gasteiger charge is -2.17. The lowest BCUT2D eigenvalue weighted by molar-refractivity contribution is -0.385. The van der Waals surface area contributed by atoms with Gasteiger partial charge in [-0.05, 0) is 11.6 Å². The number of rotatable bonds is 5. The molecule has 10 heteroatoms. The summed E-state index contributed by atoms with van der Waals surface area (Å²) in [6.45, 7) is -0.404. The number of nitro groups is 1. The molecule has 8 nitrogen and oxygen atoms in total. The van der Waals surface area contributed by atoms with Gasteiger partial charge in [0.2, 0.25) is 5.91 Å². The Kier molecular flexibility index (Phi) is 5.71. The topological polar surface area (TPSA) is 116 Å². The Morgan fingerprint density at radius 3 is 2.64 bits per heavy atom. The van der Waals surface area contributed by atoms with Gasteiger partial charge in [-0.25, -0.2) is 0 Å². The maximum Gasteiger partial charge on any atom is 0.271 e. The third-order valence-corrected chi connectivity index (χ3v) is 5.10. The summed E-state index contributed by atoms with van der Waals surface area (Å²) in [6.07, 6.45) is 1.67. The van der Waals surface area contributed by atoms with Gasteiger partial charge in [0, 0.05) is 17.8 Å². The molecular weight excluding hydrogens is 402 g/mol. The number of nitro benzene ring substituents is 1. The molecule has 0 unspecified atom stereocenters. The van der Waals surface area contributed by atoms with Crippen LogP contribution < -0.4 is 10.4 Å². The summed E-state index contributed by atoms with van der Waals surface area (Å²) >= 11 is 6.24. The number of amides is 2. The number of carbonyl (C=O) groups is 2. The summed E-state index contributed by atoms with van der Waals surface area (Å²) in [5, 5.41) is 24.9. The molecule has 0 radical (unpaired) electrons. The fourth-order valence-electron chi connectivity index (χ4n) is 2.40. The maximum absolute atomic E-state index is 12.5. The van der Waals surface area contributed by atoms with Gasteiger partial charge >= 0.3 is 0 Å². The normalized spacial score (nSPS) is 15.1. The van der Waals surface area contributed by atoms with Crippen LogP contribution in [0.5, 0.6) is 5.75 Å². The lowest BCUT2D eigenvalue weighted by Crippen LogP contribution is -2.36. The van der Waals surface area contributed by atoms with Crippen LogP contribution >= 0.6 is 24.0 Å². The molecule has 2 amide bonds. The van der Waals surface area contributed by atoms with Crippen molar-refractivity contribution in [3.05, 3.63) is 69.1 Å². The second-order valence-electron chi connectivity index (χ2n) is 5.66. The molecule has 1 fully saturated rings. The second kappa shape index (κ2) is 8.19. The highest BCUT2D eigenvalue weighted by Gasteiger charge is 2.33. The van der Waals surface area contributed by atoms with E-state index in [1.165, 1.54) is 0 Å². The van der Waals surface area contributed by atoms with E-state index in [0.29, 0.717) is 4.91 Å². The Morgan fingerprint density at radius 1 is 1.25 bits per heavy atom. The van der Waals surface area contributed by atoms with Crippen molar-refractivity contribution in [2.24, 2.45) is 0 Å². The number of benzene rings is 2. The number of hydrogen-bond donors (Lipinski definition) is 1. The Bertz CT molecular complexity index is 1010. The molecule has 0 atom stereocenters. The number of nitrogens with one attached hydrogen (secondary N) is 1. The van der Waals surface area contributed by atoms with Gasteiger partial charge in [0.25, 0.3) is 11.6 Å². The van der Waals surface area contributed by atoms with Gasteiger partial charge in [0.1, 0.15) is 10.9 Å². The van der Waals surface area contributed by atoms with Crippen molar-refractivity contribution < 1.29 is 19.6 Å². The molecule has 1 aliphatic rings. The van der Waals surface area contributed by atoms with E-state index in [4.69, 9.17) is 12.2 Å². The van der Waals surface area contributed by atoms with Crippen molar-refractivity contribution in [2.45, 2.75) is 0 Å². The largest absolute Gasteiger partial charge is 0.871 e. The van der Waals surface area contributed by atoms with Crippen molar-refractivity contribution in [3.8, 4) is 5.75 Å². The second-order valence-corrected chi connectivity index (χ2v) is 7.34. The minimum atomic E-state index is -0.685. The van der Waals surface area contributed by atoms with Crippen molar-refractivity contribution in [1.82, 2.24) is 4.90 Å². The van der Waals surface area contributed by atoms with E-state index in [9.17, 15) is 24.8 Å². The monoisotopic (exact) mass is 414 g/mol. The molecule has 0 bridgehead atoms. The summed E-state index contributed by atoms with van der Waals surface area (Å²) in [5.41, 5.74) is 0.260. The molecule has 142 valence electrons. The van der Waals surface area contributed by atoms with Gasteiger partial charge in [0.15, 0.2) is 0 Å². The SMILES string of the molecule is O=C(CN1C(=O)C(=Cc2ccccc2)SC1=S)Nc1cc([N+](=O)[O-])ccc1[O-]. The number of nitrogens with zero attached hydrogens (tertiary/aromatic N) is 2. The van der Waals surface area contributed by atoms with E-state index < -0.39 is 29.0 Å². The first kappa shape index (κ1) is 19.5. The Morgan fingerprint density at radius 2 is 1.96 bits per heavy atom. The number of carbonyl (C=O) groups excluding carboxylic acids is 2. The van der Waals surface area contributed by atoms with Crippen molar-refractivity contribution in [3.63, 3.8) is 0 Å². The first-order valence-electron chi connectivity index (χ1n) is 7.91. The molecule has 0 spiro atoms. The molecule has 28 heavy (non-hydrogen) atoms. The fraction of sp³-hybridized carbons (Fsp3) is 0.0556. The van der Waals surface area contributed by atoms with Gasteiger partial charge in [0.05, 0.1) is 9.83 Å². The van der Waals surface area contributed by atoms with Crippen molar-refractivity contribution >= 4 is 57.6 Å². The first-order valence-corrected chi connectivity index (χ1v) is 9.13. The summed E-state index contributed by atoms with van der Waals surface area (Å²) in [5.74, 6) is -1.68. The van der Waals surface area contributed by atoms with E-state index in [1.807, 2.05) is 30.3 Å². The smallest absolute Gasteiger partial charge is 0.271 e. The molecule has 1 N–H and O–H groups in total. The van der Waals surface area contributed by atoms with E-state index in [-0.39, 0.29) is 15.7 Å². The van der Waals surface area contributed by atoms with E-state index in [1.54, 1.807) is 6.08 Å². The van der Waals surface area contributed by atoms with Gasteiger partial charge in [-0.15, -0.1) is 0 Å². The zero-order valence-corrected chi connectivity index (χ0v) is 15.8. The van der Waals surface area contributed by atoms with Gasteiger partial charge in [-0.3, -0.25) is 24.6 Å². The van der Waals surface area contributed by atoms with Crippen LogP contribution in [-0.4, -0.2) is 32.5 Å². The molecule has 3 rings (SSSR count). The molecule has 1 heterocycles. The predicted molar refractivity (Wildman–Crippen MR) is 107 cm³/mol. The summed E-state index contributed by atoms with van der Waals surface area (Å²) in [6, 6.07) is 12.2. The average Bonchev–Trinajstić information content (AvgIpc) is 2.91. The molecule has 0 saturated carbocycles. The average molecular weight is 414 g/mol. The number of hydrogen-bond acceptors (Lipinski definition) is 7. The van der Waals surface area contributed by atoms with Crippen LogP contribution in [0.1, 0.15) is 5.56 Å². The minimum Gasteiger partial charge on any atom is -0.871 e. The van der Waals surface area contributed by atoms with Crippen LogP contribution in [0.3, 0.4) is 0 Å². The molecule has 2 aromatic rings. The highest BCUT2D eigenvalue weighted by molar-refractivity contribution is 8.26. The van der Waals surface area contributed by atoms with E-state index in [0.717, 1.165) is 40.4 Å². The Hall–Kier alpha value is -3.24. The van der Waals surface area contributed by atoms with E-state index >= 15 is 0 Å². The third-order valence-electron chi connectivity index (χ3n) is 3.72. The Labute approximate surface area is 169 Å². The van der Waals surface area contributed by atoms with E-state index in [2.05, 4.69) is 5.32 Å². The van der Waals surface area contributed by atoms with Crippen LogP contribution in [0, 0.1) is 10.1 Å². The van der Waals surface area contributed by atoms with Gasteiger partial charge < -0.3 is 10.4 Å². The fourth-order valence-corrected chi connectivity index (χ4v) is 3.65. The summed E-state index contributed by atoms with van der Waals surface area (Å²) in [4.78, 5) is 36.4. The molecule has 2 aromatic carbocycles. The number of thioether (sulfide) groups is 1. The van der Waals surface area contributed by atoms with Gasteiger partial charge in [-0.2, -0.15) is 0 Å². The highest BCUT2D eigenvalue weighted by Crippen LogP contribution is 2.32. The number of anilines is 1. The van der Waals surface area contributed by atoms with Crippen LogP contribution in [0.4, 0.5) is 11.4 Å². The van der Waals surface area contributed by atoms with Crippen LogP contribution in [0.25, 0.3) is 6.08 Å². The lowest BCUT2D eigenvalue weighted by atomic mass is 10.2. The summed E-state index contributed by atoms with van der Waals surface area (Å²) < 4.78 is 0.212. The number of thiocarbonyl (C=S) groups is 1. The highest BCUT2D eigenvalue weighted by atomic mass is 32.2. The quantitative estimate of drug-likeness (QED) is 0.346. The van der Waals surface area contributed by atoms with Gasteiger partial charge in [-0.1, -0.05) is 66.1 Å². The molecule has 0 aromatic heterocycles. The molecule has 1 saturated heterocycles. The standard InChI is InChI=1S/C18H13N3O5S2/c22-14-7-6-12(21(25)26)9-13(14)19-16(23)10-20-17(24)15(28-18(20)27)8-11-4-2-1-3-5-11/h1-9,22H,10H2,(H,19,23)/p-1. The van der Waals surface area contributed by atoms with Crippen LogP contribution in [0.15, 0.2) is 53.4 Å².